The lowest BCUT2D eigenvalue weighted by Crippen LogP contribution is -2.09. The van der Waals surface area contributed by atoms with E-state index in [1.165, 1.54) is 5.56 Å². The van der Waals surface area contributed by atoms with E-state index in [1.807, 2.05) is 29.6 Å². The number of thiazole rings is 1. The minimum absolute atomic E-state index is 0.547. The summed E-state index contributed by atoms with van der Waals surface area (Å²) in [6.07, 6.45) is 1.13. The van der Waals surface area contributed by atoms with Crippen LogP contribution in [0, 0.1) is 6.92 Å². The van der Waals surface area contributed by atoms with Crippen molar-refractivity contribution in [3.8, 4) is 21.8 Å². The van der Waals surface area contributed by atoms with E-state index in [4.69, 9.17) is 4.98 Å². The molecule has 1 aromatic heterocycles. The maximum absolute atomic E-state index is 11.2. The number of nitrogens with one attached hydrogen (secondary N) is 1. The maximum Gasteiger partial charge on any atom is 0.229 e. The van der Waals surface area contributed by atoms with Crippen molar-refractivity contribution in [3.05, 3.63) is 59.5 Å². The Bertz CT molecular complexity index is 929. The molecule has 0 spiro atoms. The van der Waals surface area contributed by atoms with E-state index in [-0.39, 0.29) is 0 Å². The first kappa shape index (κ1) is 15.7. The largest absolute Gasteiger partial charge is 0.284 e. The van der Waals surface area contributed by atoms with Crippen molar-refractivity contribution in [2.24, 2.45) is 0 Å². The summed E-state index contributed by atoms with van der Waals surface area (Å²) in [5.41, 5.74) is 4.73. The summed E-state index contributed by atoms with van der Waals surface area (Å²) in [5, 5.41) is 3.00. The van der Waals surface area contributed by atoms with Gasteiger partial charge in [-0.05, 0) is 24.6 Å². The molecule has 0 saturated heterocycles. The van der Waals surface area contributed by atoms with E-state index < -0.39 is 10.0 Å². The Morgan fingerprint density at radius 1 is 1.04 bits per heavy atom. The van der Waals surface area contributed by atoms with E-state index in [9.17, 15) is 8.42 Å². The monoisotopic (exact) mass is 344 g/mol. The van der Waals surface area contributed by atoms with E-state index >= 15 is 0 Å². The van der Waals surface area contributed by atoms with Gasteiger partial charge < -0.3 is 0 Å². The molecular weight excluding hydrogens is 328 g/mol. The molecule has 0 amide bonds. The smallest absolute Gasteiger partial charge is 0.229 e. The van der Waals surface area contributed by atoms with Crippen molar-refractivity contribution in [1.29, 1.82) is 0 Å². The number of hydrogen-bond acceptors (Lipinski definition) is 4. The SMILES string of the molecule is Cc1ccccc1-c1nc(-c2ccc(NS(C)(=O)=O)cc2)cs1. The van der Waals surface area contributed by atoms with E-state index in [0.717, 1.165) is 28.1 Å². The third-order valence-corrected chi connectivity index (χ3v) is 4.85. The predicted octanol–water partition coefficient (Wildman–Crippen LogP) is 4.16. The van der Waals surface area contributed by atoms with Crippen LogP contribution in [0.3, 0.4) is 0 Å². The molecule has 2 aromatic carbocycles. The van der Waals surface area contributed by atoms with Gasteiger partial charge in [0.05, 0.1) is 11.9 Å². The molecule has 1 N–H and O–H groups in total. The van der Waals surface area contributed by atoms with Crippen LogP contribution in [0.15, 0.2) is 53.9 Å². The molecule has 0 saturated carbocycles. The Morgan fingerprint density at radius 2 is 1.74 bits per heavy atom. The van der Waals surface area contributed by atoms with Crippen LogP contribution < -0.4 is 4.72 Å². The van der Waals surface area contributed by atoms with Gasteiger partial charge in [0.25, 0.3) is 0 Å². The van der Waals surface area contributed by atoms with E-state index in [0.29, 0.717) is 5.69 Å². The highest BCUT2D eigenvalue weighted by Crippen LogP contribution is 2.31. The Morgan fingerprint density at radius 3 is 2.39 bits per heavy atom. The van der Waals surface area contributed by atoms with Gasteiger partial charge in [-0.25, -0.2) is 13.4 Å². The number of aryl methyl sites for hydroxylation is 1. The molecule has 0 aliphatic carbocycles. The minimum atomic E-state index is -3.25. The lowest BCUT2D eigenvalue weighted by atomic mass is 10.1. The van der Waals surface area contributed by atoms with Gasteiger partial charge in [0.1, 0.15) is 5.01 Å². The van der Waals surface area contributed by atoms with Crippen LogP contribution in [0.2, 0.25) is 0 Å². The molecule has 1 heterocycles. The third-order valence-electron chi connectivity index (χ3n) is 3.36. The second-order valence-corrected chi connectivity index (χ2v) is 7.91. The van der Waals surface area contributed by atoms with E-state index in [1.54, 1.807) is 23.5 Å². The van der Waals surface area contributed by atoms with Crippen LogP contribution in [0.5, 0.6) is 0 Å². The molecule has 3 aromatic rings. The molecule has 0 radical (unpaired) electrons. The number of aromatic nitrogens is 1. The summed E-state index contributed by atoms with van der Waals surface area (Å²) >= 11 is 1.60. The van der Waals surface area contributed by atoms with Crippen LogP contribution in [-0.4, -0.2) is 19.7 Å². The summed E-state index contributed by atoms with van der Waals surface area (Å²) in [4.78, 5) is 4.70. The van der Waals surface area contributed by atoms with Gasteiger partial charge in [0, 0.05) is 22.2 Å². The van der Waals surface area contributed by atoms with Gasteiger partial charge >= 0.3 is 0 Å². The van der Waals surface area contributed by atoms with E-state index in [2.05, 4.69) is 23.8 Å². The van der Waals surface area contributed by atoms with Gasteiger partial charge in [-0.2, -0.15) is 0 Å². The molecule has 6 heteroatoms. The van der Waals surface area contributed by atoms with Crippen LogP contribution in [-0.2, 0) is 10.0 Å². The fraction of sp³-hybridized carbons (Fsp3) is 0.118. The topological polar surface area (TPSA) is 59.1 Å². The number of hydrogen-bond donors (Lipinski definition) is 1. The van der Waals surface area contributed by atoms with Crippen molar-refractivity contribution in [3.63, 3.8) is 0 Å². The summed E-state index contributed by atoms with van der Waals surface area (Å²) in [6.45, 7) is 2.07. The van der Waals surface area contributed by atoms with Gasteiger partial charge in [0.15, 0.2) is 0 Å². The first-order valence-electron chi connectivity index (χ1n) is 7.02. The molecule has 0 unspecified atom stereocenters. The molecule has 23 heavy (non-hydrogen) atoms. The van der Waals surface area contributed by atoms with Gasteiger partial charge in [-0.15, -0.1) is 11.3 Å². The highest BCUT2D eigenvalue weighted by molar-refractivity contribution is 7.92. The number of rotatable bonds is 4. The zero-order valence-corrected chi connectivity index (χ0v) is 14.4. The maximum atomic E-state index is 11.2. The molecule has 0 bridgehead atoms. The van der Waals surface area contributed by atoms with Crippen molar-refractivity contribution in [2.75, 3.05) is 11.0 Å². The van der Waals surface area contributed by atoms with Crippen molar-refractivity contribution >= 4 is 27.0 Å². The summed E-state index contributed by atoms with van der Waals surface area (Å²) < 4.78 is 24.9. The normalized spacial score (nSPS) is 11.4. The molecule has 0 aliphatic rings. The Kier molecular flexibility index (Phi) is 4.19. The Labute approximate surface area is 139 Å². The minimum Gasteiger partial charge on any atom is -0.284 e. The number of anilines is 1. The molecule has 0 aliphatic heterocycles. The summed E-state index contributed by atoms with van der Waals surface area (Å²) in [5.74, 6) is 0. The second kappa shape index (κ2) is 6.14. The molecule has 0 fully saturated rings. The average Bonchev–Trinajstić information content (AvgIpc) is 2.96. The average molecular weight is 344 g/mol. The van der Waals surface area contributed by atoms with Crippen molar-refractivity contribution in [2.45, 2.75) is 6.92 Å². The van der Waals surface area contributed by atoms with Crippen molar-refractivity contribution in [1.82, 2.24) is 4.98 Å². The zero-order valence-electron chi connectivity index (χ0n) is 12.8. The van der Waals surface area contributed by atoms with Crippen LogP contribution in [0.4, 0.5) is 5.69 Å². The first-order chi connectivity index (χ1) is 10.9. The number of sulfonamides is 1. The molecule has 4 nitrogen and oxygen atoms in total. The fourth-order valence-corrected chi connectivity index (χ4v) is 3.75. The standard InChI is InChI=1S/C17H16N2O2S2/c1-12-5-3-4-6-15(12)17-18-16(11-22-17)13-7-9-14(10-8-13)19-23(2,20)21/h3-11,19H,1-2H3. The predicted molar refractivity (Wildman–Crippen MR) is 96.2 cm³/mol. The van der Waals surface area contributed by atoms with Crippen LogP contribution in [0.25, 0.3) is 21.8 Å². The molecule has 118 valence electrons. The van der Waals surface area contributed by atoms with Crippen molar-refractivity contribution < 1.29 is 8.42 Å². The highest BCUT2D eigenvalue weighted by Gasteiger charge is 2.09. The highest BCUT2D eigenvalue weighted by atomic mass is 32.2. The number of benzene rings is 2. The fourth-order valence-electron chi connectivity index (χ4n) is 2.27. The summed E-state index contributed by atoms with van der Waals surface area (Å²) in [7, 11) is -3.25. The zero-order chi connectivity index (χ0) is 16.4. The van der Waals surface area contributed by atoms with Gasteiger partial charge in [-0.1, -0.05) is 36.4 Å². The van der Waals surface area contributed by atoms with Gasteiger partial charge in [-0.3, -0.25) is 4.72 Å². The molecular formula is C17H16N2O2S2. The third kappa shape index (κ3) is 3.78. The Hall–Kier alpha value is -2.18. The Balaban J connectivity index is 1.88. The lowest BCUT2D eigenvalue weighted by molar-refractivity contribution is 0.607. The lowest BCUT2D eigenvalue weighted by Gasteiger charge is -2.04. The molecule has 0 atom stereocenters. The second-order valence-electron chi connectivity index (χ2n) is 5.30. The summed E-state index contributed by atoms with van der Waals surface area (Å²) in [6, 6.07) is 15.4. The van der Waals surface area contributed by atoms with Crippen LogP contribution >= 0.6 is 11.3 Å². The first-order valence-corrected chi connectivity index (χ1v) is 9.79. The van der Waals surface area contributed by atoms with Gasteiger partial charge in [0.2, 0.25) is 10.0 Å². The molecule has 3 rings (SSSR count). The quantitative estimate of drug-likeness (QED) is 0.773. The number of nitrogens with zero attached hydrogens (tertiary/aromatic N) is 1. The van der Waals surface area contributed by atoms with Crippen LogP contribution in [0.1, 0.15) is 5.56 Å².